The minimum atomic E-state index is -3.81. The lowest BCUT2D eigenvalue weighted by atomic mass is 10.0. The third kappa shape index (κ3) is 2.67. The third-order valence-corrected chi connectivity index (χ3v) is 6.48. The highest BCUT2D eigenvalue weighted by Gasteiger charge is 2.40. The molecule has 2 aliphatic rings. The van der Waals surface area contributed by atoms with Crippen molar-refractivity contribution in [3.63, 3.8) is 0 Å². The van der Waals surface area contributed by atoms with Gasteiger partial charge in [-0.1, -0.05) is 12.1 Å². The maximum absolute atomic E-state index is 14.2. The van der Waals surface area contributed by atoms with Crippen LogP contribution in [0.3, 0.4) is 0 Å². The van der Waals surface area contributed by atoms with Gasteiger partial charge in [0.05, 0.1) is 12.7 Å². The largest absolute Gasteiger partial charge is 0.375 e. The van der Waals surface area contributed by atoms with Gasteiger partial charge in [-0.3, -0.25) is 4.90 Å². The second-order valence-electron chi connectivity index (χ2n) is 6.00. The number of rotatable bonds is 2. The number of benzene rings is 1. The van der Waals surface area contributed by atoms with E-state index in [1.54, 1.807) is 19.1 Å². The maximum atomic E-state index is 14.2. The number of morpholine rings is 1. The normalized spacial score (nSPS) is 27.6. The van der Waals surface area contributed by atoms with Gasteiger partial charge in [0, 0.05) is 25.7 Å². The Morgan fingerprint density at radius 1 is 1.32 bits per heavy atom. The molecule has 0 bridgehead atoms. The lowest BCUT2D eigenvalue weighted by molar-refractivity contribution is -0.0840. The lowest BCUT2D eigenvalue weighted by Gasteiger charge is -2.45. The number of nitrogens with zero attached hydrogens (tertiary/aromatic N) is 2. The first-order chi connectivity index (χ1) is 10.4. The molecular weight excluding hydrogens is 307 g/mol. The molecule has 2 aliphatic heterocycles. The zero-order valence-electron chi connectivity index (χ0n) is 12.8. The van der Waals surface area contributed by atoms with Crippen molar-refractivity contribution in [3.05, 3.63) is 29.6 Å². The highest BCUT2D eigenvalue weighted by Crippen LogP contribution is 2.28. The van der Waals surface area contributed by atoms with Crippen LogP contribution in [0.1, 0.15) is 12.0 Å². The van der Waals surface area contributed by atoms with E-state index in [9.17, 15) is 12.8 Å². The van der Waals surface area contributed by atoms with E-state index in [0.717, 1.165) is 6.54 Å². The van der Waals surface area contributed by atoms with E-state index in [1.807, 2.05) is 7.05 Å². The van der Waals surface area contributed by atoms with Crippen molar-refractivity contribution >= 4 is 10.0 Å². The Balaban J connectivity index is 1.88. The topological polar surface area (TPSA) is 49.9 Å². The average molecular weight is 328 g/mol. The van der Waals surface area contributed by atoms with E-state index in [1.165, 1.54) is 10.4 Å². The number of halogens is 1. The molecule has 0 aromatic heterocycles. The number of aryl methyl sites for hydroxylation is 1. The fraction of sp³-hybridized carbons (Fsp3) is 0.600. The van der Waals surface area contributed by atoms with Crippen molar-refractivity contribution in [1.29, 1.82) is 0 Å². The highest BCUT2D eigenvalue weighted by molar-refractivity contribution is 7.89. The van der Waals surface area contributed by atoms with Gasteiger partial charge in [-0.05, 0) is 32.0 Å². The summed E-state index contributed by atoms with van der Waals surface area (Å²) in [6.07, 6.45) is 0.703. The standard InChI is InChI=1S/C15H21FN2O3S/c1-11-4-3-5-14(15(11)16)22(19,20)18-7-6-13-12(10-18)17(2)8-9-21-13/h3-5,12-13H,6-10H2,1-2H3/t12-,13+/m0/s1. The zero-order valence-corrected chi connectivity index (χ0v) is 13.6. The van der Waals surface area contributed by atoms with Crippen LogP contribution in [0.2, 0.25) is 0 Å². The fourth-order valence-electron chi connectivity index (χ4n) is 3.19. The summed E-state index contributed by atoms with van der Waals surface area (Å²) in [6.45, 7) is 3.75. The van der Waals surface area contributed by atoms with Gasteiger partial charge in [-0.25, -0.2) is 12.8 Å². The molecule has 2 heterocycles. The number of hydrogen-bond acceptors (Lipinski definition) is 4. The van der Waals surface area contributed by atoms with Crippen LogP contribution in [0, 0.1) is 12.7 Å². The van der Waals surface area contributed by atoms with Gasteiger partial charge in [-0.2, -0.15) is 4.31 Å². The molecule has 5 nitrogen and oxygen atoms in total. The molecule has 0 aliphatic carbocycles. The lowest BCUT2D eigenvalue weighted by Crippen LogP contribution is -2.59. The molecule has 2 atom stereocenters. The summed E-state index contributed by atoms with van der Waals surface area (Å²) >= 11 is 0. The van der Waals surface area contributed by atoms with Gasteiger partial charge in [0.1, 0.15) is 10.7 Å². The zero-order chi connectivity index (χ0) is 15.9. The molecule has 0 spiro atoms. The van der Waals surface area contributed by atoms with E-state index < -0.39 is 15.8 Å². The molecule has 1 aromatic rings. The Morgan fingerprint density at radius 2 is 2.09 bits per heavy atom. The Kier molecular flexibility index (Phi) is 4.24. The Hall–Kier alpha value is -1.02. The van der Waals surface area contributed by atoms with Crippen LogP contribution in [0.15, 0.2) is 23.1 Å². The van der Waals surface area contributed by atoms with Crippen molar-refractivity contribution in [2.24, 2.45) is 0 Å². The second-order valence-corrected chi connectivity index (χ2v) is 7.90. The summed E-state index contributed by atoms with van der Waals surface area (Å²) in [5.41, 5.74) is 0.342. The first-order valence-electron chi connectivity index (χ1n) is 7.48. The minimum absolute atomic E-state index is 0.0325. The quantitative estimate of drug-likeness (QED) is 0.819. The molecule has 7 heteroatoms. The number of fused-ring (bicyclic) bond motifs is 1. The summed E-state index contributed by atoms with van der Waals surface area (Å²) < 4.78 is 46.9. The van der Waals surface area contributed by atoms with Gasteiger partial charge < -0.3 is 4.74 Å². The number of piperidine rings is 1. The molecule has 22 heavy (non-hydrogen) atoms. The summed E-state index contributed by atoms with van der Waals surface area (Å²) in [7, 11) is -1.84. The maximum Gasteiger partial charge on any atom is 0.246 e. The van der Waals surface area contributed by atoms with Crippen LogP contribution in [-0.2, 0) is 14.8 Å². The molecule has 122 valence electrons. The Labute approximate surface area is 130 Å². The van der Waals surface area contributed by atoms with Crippen molar-refractivity contribution in [1.82, 2.24) is 9.21 Å². The Morgan fingerprint density at radius 3 is 2.86 bits per heavy atom. The predicted molar refractivity (Wildman–Crippen MR) is 80.7 cm³/mol. The van der Waals surface area contributed by atoms with Gasteiger partial charge in [0.25, 0.3) is 0 Å². The highest BCUT2D eigenvalue weighted by atomic mass is 32.2. The first kappa shape index (κ1) is 15.9. The average Bonchev–Trinajstić information content (AvgIpc) is 2.50. The van der Waals surface area contributed by atoms with Gasteiger partial charge in [0.15, 0.2) is 0 Å². The molecule has 0 amide bonds. The summed E-state index contributed by atoms with van der Waals surface area (Å²) in [6, 6.07) is 4.52. The van der Waals surface area contributed by atoms with Crippen molar-refractivity contribution in [3.8, 4) is 0 Å². The molecule has 2 saturated heterocycles. The third-order valence-electron chi connectivity index (χ3n) is 4.60. The van der Waals surface area contributed by atoms with Crippen LogP contribution >= 0.6 is 0 Å². The van der Waals surface area contributed by atoms with E-state index >= 15 is 0 Å². The molecule has 0 saturated carbocycles. The summed E-state index contributed by atoms with van der Waals surface area (Å²) in [5, 5.41) is 0. The van der Waals surface area contributed by atoms with Crippen LogP contribution in [0.5, 0.6) is 0 Å². The monoisotopic (exact) mass is 328 g/mol. The number of sulfonamides is 1. The predicted octanol–water partition coefficient (Wildman–Crippen LogP) is 1.23. The fourth-order valence-corrected chi connectivity index (χ4v) is 4.80. The van der Waals surface area contributed by atoms with E-state index in [0.29, 0.717) is 31.7 Å². The van der Waals surface area contributed by atoms with Crippen molar-refractivity contribution < 1.29 is 17.5 Å². The summed E-state index contributed by atoms with van der Waals surface area (Å²) in [4.78, 5) is 1.90. The van der Waals surface area contributed by atoms with E-state index in [-0.39, 0.29) is 17.0 Å². The van der Waals surface area contributed by atoms with Gasteiger partial charge in [0.2, 0.25) is 10.0 Å². The van der Waals surface area contributed by atoms with Gasteiger partial charge >= 0.3 is 0 Å². The molecule has 3 rings (SSSR count). The molecule has 0 N–H and O–H groups in total. The van der Waals surface area contributed by atoms with Crippen LogP contribution in [0.25, 0.3) is 0 Å². The SMILES string of the molecule is Cc1cccc(S(=O)(=O)N2CC[C@H]3OCCN(C)[C@H]3C2)c1F. The summed E-state index contributed by atoms with van der Waals surface area (Å²) in [5.74, 6) is -0.655. The van der Waals surface area contributed by atoms with Gasteiger partial charge in [-0.15, -0.1) is 0 Å². The molecule has 1 aromatic carbocycles. The second kappa shape index (κ2) is 5.88. The van der Waals surface area contributed by atoms with Crippen LogP contribution in [0.4, 0.5) is 4.39 Å². The van der Waals surface area contributed by atoms with Crippen LogP contribution < -0.4 is 0 Å². The van der Waals surface area contributed by atoms with Crippen molar-refractivity contribution in [2.45, 2.75) is 30.4 Å². The first-order valence-corrected chi connectivity index (χ1v) is 8.92. The van der Waals surface area contributed by atoms with Crippen LogP contribution in [-0.4, -0.2) is 63.1 Å². The minimum Gasteiger partial charge on any atom is -0.375 e. The number of ether oxygens (including phenoxy) is 1. The molecule has 0 unspecified atom stereocenters. The molecule has 2 fully saturated rings. The Bertz CT molecular complexity index is 665. The molecule has 0 radical (unpaired) electrons. The van der Waals surface area contributed by atoms with E-state index in [4.69, 9.17) is 4.74 Å². The number of hydrogen-bond donors (Lipinski definition) is 0. The van der Waals surface area contributed by atoms with E-state index in [2.05, 4.69) is 4.90 Å². The number of likely N-dealkylation sites (N-methyl/N-ethyl adjacent to an activating group) is 1. The van der Waals surface area contributed by atoms with Crippen molar-refractivity contribution in [2.75, 3.05) is 33.3 Å². The molecular formula is C15H21FN2O3S. The smallest absolute Gasteiger partial charge is 0.246 e.